The average Bonchev–Trinajstić information content (AvgIpc) is 3.38. The summed E-state index contributed by atoms with van der Waals surface area (Å²) < 4.78 is 48.8. The smallest absolute Gasteiger partial charge is 0.416 e. The van der Waals surface area contributed by atoms with Gasteiger partial charge >= 0.3 is 6.18 Å². The maximum absolute atomic E-state index is 13.4. The molecule has 2 aromatic heterocycles. The number of benzene rings is 3. The highest BCUT2D eigenvalue weighted by atomic mass is 19.4. The molecule has 5 rings (SSSR count). The third-order valence-electron chi connectivity index (χ3n) is 6.08. The summed E-state index contributed by atoms with van der Waals surface area (Å²) in [6.45, 7) is 0.0844. The minimum Gasteiger partial charge on any atom is -0.497 e. The van der Waals surface area contributed by atoms with Gasteiger partial charge in [-0.25, -0.2) is 0 Å². The van der Waals surface area contributed by atoms with Crippen molar-refractivity contribution in [2.24, 2.45) is 7.05 Å². The molecule has 0 atom stereocenters. The Bertz CT molecular complexity index is 1560. The van der Waals surface area contributed by atoms with E-state index >= 15 is 0 Å². The molecule has 3 aromatic carbocycles. The number of amides is 1. The Morgan fingerprint density at radius 3 is 2.51 bits per heavy atom. The van der Waals surface area contributed by atoms with Crippen molar-refractivity contribution in [2.45, 2.75) is 12.7 Å². The third-order valence-corrected chi connectivity index (χ3v) is 6.08. The lowest BCUT2D eigenvalue weighted by atomic mass is 10.1. The zero-order valence-electron chi connectivity index (χ0n) is 19.1. The van der Waals surface area contributed by atoms with Crippen LogP contribution in [-0.2, 0) is 19.8 Å². The number of hydrogen-bond acceptors (Lipinski definition) is 2. The van der Waals surface area contributed by atoms with Crippen LogP contribution in [0.2, 0.25) is 0 Å². The Kier molecular flexibility index (Phi) is 5.51. The number of anilines is 1. The van der Waals surface area contributed by atoms with Crippen molar-refractivity contribution in [1.82, 2.24) is 9.13 Å². The molecule has 0 saturated heterocycles. The molecule has 0 aliphatic heterocycles. The largest absolute Gasteiger partial charge is 0.497 e. The van der Waals surface area contributed by atoms with Crippen molar-refractivity contribution in [1.29, 1.82) is 0 Å². The van der Waals surface area contributed by atoms with Crippen molar-refractivity contribution >= 4 is 33.4 Å². The Hall–Kier alpha value is -4.20. The van der Waals surface area contributed by atoms with Gasteiger partial charge in [0, 0.05) is 47.8 Å². The molecule has 1 amide bonds. The zero-order chi connectivity index (χ0) is 24.7. The lowest BCUT2D eigenvalue weighted by Gasteiger charge is -2.14. The molecule has 0 saturated carbocycles. The second kappa shape index (κ2) is 8.54. The Morgan fingerprint density at radius 1 is 0.943 bits per heavy atom. The van der Waals surface area contributed by atoms with Crippen molar-refractivity contribution in [3.8, 4) is 5.75 Å². The molecule has 0 unspecified atom stereocenters. The third kappa shape index (κ3) is 4.35. The number of nitrogens with one attached hydrogen (secondary N) is 1. The molecule has 0 aliphatic rings. The Morgan fingerprint density at radius 2 is 1.74 bits per heavy atom. The van der Waals surface area contributed by atoms with Crippen LogP contribution in [0, 0.1) is 0 Å². The summed E-state index contributed by atoms with van der Waals surface area (Å²) in [4.78, 5) is 13.4. The van der Waals surface area contributed by atoms with Crippen molar-refractivity contribution in [2.75, 3.05) is 12.4 Å². The summed E-state index contributed by atoms with van der Waals surface area (Å²) in [5, 5.41) is 4.70. The first-order valence-electron chi connectivity index (χ1n) is 10.9. The second-order valence-corrected chi connectivity index (χ2v) is 8.39. The van der Waals surface area contributed by atoms with Crippen LogP contribution in [0.15, 0.2) is 79.0 Å². The topological polar surface area (TPSA) is 48.2 Å². The van der Waals surface area contributed by atoms with Crippen LogP contribution in [0.25, 0.3) is 21.8 Å². The van der Waals surface area contributed by atoms with Crippen LogP contribution in [0.4, 0.5) is 18.9 Å². The number of aryl methyl sites for hydroxylation is 1. The molecule has 0 spiro atoms. The first-order valence-corrected chi connectivity index (χ1v) is 10.9. The van der Waals surface area contributed by atoms with E-state index in [1.165, 1.54) is 13.2 Å². The van der Waals surface area contributed by atoms with Crippen LogP contribution in [0.5, 0.6) is 5.75 Å². The number of rotatable bonds is 5. The van der Waals surface area contributed by atoms with E-state index in [9.17, 15) is 18.0 Å². The maximum Gasteiger partial charge on any atom is 0.416 e. The monoisotopic (exact) mass is 477 g/mol. The van der Waals surface area contributed by atoms with Gasteiger partial charge in [0.25, 0.3) is 5.91 Å². The summed E-state index contributed by atoms with van der Waals surface area (Å²) in [6, 6.07) is 19.8. The minimum absolute atomic E-state index is 0.0844. The van der Waals surface area contributed by atoms with Gasteiger partial charge < -0.3 is 19.2 Å². The van der Waals surface area contributed by atoms with E-state index in [0.717, 1.165) is 28.4 Å². The average molecular weight is 477 g/mol. The minimum atomic E-state index is -4.45. The number of aromatic nitrogens is 2. The fourth-order valence-electron chi connectivity index (χ4n) is 4.30. The van der Waals surface area contributed by atoms with E-state index in [0.29, 0.717) is 28.2 Å². The highest BCUT2D eigenvalue weighted by Crippen LogP contribution is 2.31. The zero-order valence-corrected chi connectivity index (χ0v) is 19.1. The van der Waals surface area contributed by atoms with E-state index in [1.807, 2.05) is 48.1 Å². The summed E-state index contributed by atoms with van der Waals surface area (Å²) >= 11 is 0. The van der Waals surface area contributed by atoms with E-state index in [2.05, 4.69) is 5.32 Å². The van der Waals surface area contributed by atoms with Gasteiger partial charge in [-0.3, -0.25) is 4.79 Å². The number of halogens is 3. The fraction of sp³-hybridized carbons (Fsp3) is 0.148. The van der Waals surface area contributed by atoms with Gasteiger partial charge in [0.15, 0.2) is 0 Å². The summed E-state index contributed by atoms with van der Waals surface area (Å²) in [7, 11) is 3.48. The lowest BCUT2D eigenvalue weighted by Crippen LogP contribution is -2.17. The molecular weight excluding hydrogens is 455 g/mol. The predicted molar refractivity (Wildman–Crippen MR) is 130 cm³/mol. The molecule has 5 aromatic rings. The van der Waals surface area contributed by atoms with Crippen LogP contribution >= 0.6 is 0 Å². The van der Waals surface area contributed by atoms with Crippen molar-refractivity contribution < 1.29 is 22.7 Å². The number of nitrogens with zero attached hydrogens (tertiary/aromatic N) is 2. The normalized spacial score (nSPS) is 11.8. The van der Waals surface area contributed by atoms with E-state index < -0.39 is 11.7 Å². The van der Waals surface area contributed by atoms with Gasteiger partial charge in [-0.1, -0.05) is 12.1 Å². The molecule has 5 nitrogen and oxygen atoms in total. The van der Waals surface area contributed by atoms with Gasteiger partial charge in [-0.15, -0.1) is 0 Å². The molecule has 1 N–H and O–H groups in total. The number of alkyl halides is 3. The molecule has 178 valence electrons. The maximum atomic E-state index is 13.4. The lowest BCUT2D eigenvalue weighted by molar-refractivity contribution is -0.137. The van der Waals surface area contributed by atoms with Crippen LogP contribution in [-0.4, -0.2) is 22.2 Å². The molecular formula is C27H22F3N3O2. The summed E-state index contributed by atoms with van der Waals surface area (Å²) in [5.74, 6) is 0.227. The molecule has 0 fully saturated rings. The number of carbonyl (C=O) groups excluding carboxylic acids is 1. The highest BCUT2D eigenvalue weighted by molar-refractivity contribution is 6.07. The van der Waals surface area contributed by atoms with Gasteiger partial charge in [0.1, 0.15) is 11.4 Å². The van der Waals surface area contributed by atoms with Crippen LogP contribution in [0.1, 0.15) is 21.6 Å². The standard InChI is InChI=1S/C27H22F3N3O2/c1-32-11-10-19-13-21(7-9-23(19)32)31-26(34)25-14-18-6-8-22(35-2)15-24(18)33(25)16-17-4-3-5-20(12-17)27(28,29)30/h3-15H,16H2,1-2H3,(H,31,34). The quantitative estimate of drug-likeness (QED) is 0.316. The van der Waals surface area contributed by atoms with Gasteiger partial charge in [-0.2, -0.15) is 13.2 Å². The van der Waals surface area contributed by atoms with E-state index in [4.69, 9.17) is 4.74 Å². The highest BCUT2D eigenvalue weighted by Gasteiger charge is 2.30. The predicted octanol–water partition coefficient (Wildman–Crippen LogP) is 6.46. The Balaban J connectivity index is 1.55. The van der Waals surface area contributed by atoms with Crippen molar-refractivity contribution in [3.63, 3.8) is 0 Å². The van der Waals surface area contributed by atoms with Gasteiger partial charge in [0.2, 0.25) is 0 Å². The number of fused-ring (bicyclic) bond motifs is 2. The second-order valence-electron chi connectivity index (χ2n) is 8.39. The fourth-order valence-corrected chi connectivity index (χ4v) is 4.30. The summed E-state index contributed by atoms with van der Waals surface area (Å²) in [6.07, 6.45) is -2.51. The van der Waals surface area contributed by atoms with Gasteiger partial charge in [-0.05, 0) is 60.2 Å². The van der Waals surface area contributed by atoms with Crippen LogP contribution < -0.4 is 10.1 Å². The summed E-state index contributed by atoms with van der Waals surface area (Å²) in [5.41, 5.74) is 2.38. The molecule has 35 heavy (non-hydrogen) atoms. The number of hydrogen-bond donors (Lipinski definition) is 1. The van der Waals surface area contributed by atoms with E-state index in [1.54, 1.807) is 28.8 Å². The first kappa shape index (κ1) is 22.6. The van der Waals surface area contributed by atoms with Gasteiger partial charge in [0.05, 0.1) is 18.2 Å². The molecule has 8 heteroatoms. The molecule has 0 bridgehead atoms. The molecule has 2 heterocycles. The first-order chi connectivity index (χ1) is 16.7. The number of ether oxygens (including phenoxy) is 1. The number of methoxy groups -OCH3 is 1. The van der Waals surface area contributed by atoms with Crippen LogP contribution in [0.3, 0.4) is 0 Å². The Labute approximate surface area is 199 Å². The molecule has 0 aliphatic carbocycles. The van der Waals surface area contributed by atoms with Crippen molar-refractivity contribution in [3.05, 3.63) is 95.8 Å². The van der Waals surface area contributed by atoms with E-state index in [-0.39, 0.29) is 12.5 Å². The molecule has 0 radical (unpaired) electrons. The number of carbonyl (C=O) groups is 1. The SMILES string of the molecule is COc1ccc2cc(C(=O)Nc3ccc4c(ccn4C)c3)n(Cc3cccc(C(F)(F)F)c3)c2c1.